The summed E-state index contributed by atoms with van der Waals surface area (Å²) in [4.78, 5) is 46.5. The van der Waals surface area contributed by atoms with Crippen LogP contribution in [0.25, 0.3) is 11.0 Å². The molecule has 2 saturated heterocycles. The van der Waals surface area contributed by atoms with E-state index in [2.05, 4.69) is 22.9 Å². The van der Waals surface area contributed by atoms with Crippen LogP contribution in [0.5, 0.6) is 5.75 Å². The molecule has 4 heterocycles. The van der Waals surface area contributed by atoms with Gasteiger partial charge in [0.05, 0.1) is 42.5 Å². The fourth-order valence-corrected chi connectivity index (χ4v) is 8.96. The third-order valence-corrected chi connectivity index (χ3v) is 12.0. The lowest BCUT2D eigenvalue weighted by Crippen LogP contribution is -2.53. The molecule has 0 saturated carbocycles. The van der Waals surface area contributed by atoms with Gasteiger partial charge in [0.1, 0.15) is 17.1 Å². The van der Waals surface area contributed by atoms with Crippen LogP contribution in [0.1, 0.15) is 70.2 Å². The molecule has 3 aliphatic rings. The van der Waals surface area contributed by atoms with Gasteiger partial charge in [0.15, 0.2) is 0 Å². The molecule has 1 atom stereocenters. The van der Waals surface area contributed by atoms with Gasteiger partial charge in [-0.3, -0.25) is 14.5 Å². The van der Waals surface area contributed by atoms with Gasteiger partial charge < -0.3 is 23.7 Å². The Kier molecular flexibility index (Phi) is 10.4. The monoisotopic (exact) mass is 741 g/mol. The van der Waals surface area contributed by atoms with Crippen LogP contribution in [0.3, 0.4) is 0 Å². The molecule has 3 aliphatic heterocycles. The fraction of sp³-hybridized carbons (Fsp3) is 0.541. The average molecular weight is 742 g/mol. The summed E-state index contributed by atoms with van der Waals surface area (Å²) >= 11 is 0. The second-order valence-corrected chi connectivity index (χ2v) is 16.5. The van der Waals surface area contributed by atoms with E-state index in [9.17, 15) is 22.8 Å². The Balaban J connectivity index is 1.26. The lowest BCUT2D eigenvalue weighted by atomic mass is 9.92. The first-order chi connectivity index (χ1) is 24.5. The zero-order valence-corrected chi connectivity index (χ0v) is 31.7. The Labute approximate surface area is 303 Å². The number of methoxy groups -OCH3 is 1. The van der Waals surface area contributed by atoms with Gasteiger partial charge >= 0.3 is 15.8 Å². The molecule has 6 rings (SSSR count). The summed E-state index contributed by atoms with van der Waals surface area (Å²) in [5.74, 6) is -2.93. The van der Waals surface area contributed by atoms with Crippen LogP contribution >= 0.6 is 0 Å². The number of carbonyl (C=O) groups excluding carboxylic acids is 2. The third-order valence-electron chi connectivity index (χ3n) is 10.6. The van der Waals surface area contributed by atoms with Crippen molar-refractivity contribution in [1.82, 2.24) is 18.8 Å². The zero-order chi connectivity index (χ0) is 37.7. The van der Waals surface area contributed by atoms with Crippen molar-refractivity contribution in [2.75, 3.05) is 71.5 Å². The van der Waals surface area contributed by atoms with Crippen LogP contribution in [-0.4, -0.2) is 107 Å². The highest BCUT2D eigenvalue weighted by Gasteiger charge is 2.38. The number of carbonyl (C=O) groups is 2. The fourth-order valence-electron chi connectivity index (χ4n) is 7.64. The van der Waals surface area contributed by atoms with Crippen LogP contribution in [0.2, 0.25) is 0 Å². The molecule has 0 radical (unpaired) electrons. The molecule has 13 nitrogen and oxygen atoms in total. The molecule has 2 aromatic carbocycles. The normalized spacial score (nSPS) is 19.6. The summed E-state index contributed by atoms with van der Waals surface area (Å²) in [6, 6.07) is 4.28. The number of amides is 2. The van der Waals surface area contributed by atoms with Crippen molar-refractivity contribution in [3.05, 3.63) is 67.8 Å². The third kappa shape index (κ3) is 7.15. The number of hydrogen-bond acceptors (Lipinski definition) is 10. The van der Waals surface area contributed by atoms with Crippen molar-refractivity contribution in [2.45, 2.75) is 60.0 Å². The Morgan fingerprint density at radius 3 is 2.50 bits per heavy atom. The van der Waals surface area contributed by atoms with Crippen LogP contribution in [0.4, 0.5) is 10.1 Å². The minimum Gasteiger partial charge on any atom is -0.493 e. The Hall–Kier alpha value is -4.05. The van der Waals surface area contributed by atoms with Crippen molar-refractivity contribution < 1.29 is 36.3 Å². The smallest absolute Gasteiger partial charge is 0.341 e. The van der Waals surface area contributed by atoms with Crippen LogP contribution in [0, 0.1) is 25.1 Å². The molecule has 0 aliphatic carbocycles. The Morgan fingerprint density at radius 1 is 1.08 bits per heavy atom. The number of nitrogens with one attached hydrogen (secondary N) is 1. The number of rotatable bonds is 9. The van der Waals surface area contributed by atoms with Gasteiger partial charge in [0.25, 0.3) is 11.8 Å². The molecule has 2 fully saturated rings. The second-order valence-electron chi connectivity index (χ2n) is 14.8. The minimum absolute atomic E-state index is 0.0703. The van der Waals surface area contributed by atoms with E-state index >= 15 is 4.39 Å². The molecule has 282 valence electrons. The van der Waals surface area contributed by atoms with E-state index in [4.69, 9.17) is 13.9 Å². The second kappa shape index (κ2) is 14.4. The molecule has 1 unspecified atom stereocenters. The molecule has 0 bridgehead atoms. The number of likely N-dealkylation sites (N-methyl/N-ethyl adjacent to an activating group) is 1. The van der Waals surface area contributed by atoms with Crippen molar-refractivity contribution in [1.29, 1.82) is 0 Å². The van der Waals surface area contributed by atoms with E-state index in [1.54, 1.807) is 14.0 Å². The van der Waals surface area contributed by atoms with E-state index in [1.807, 2.05) is 32.4 Å². The molecule has 3 aromatic rings. The topological polar surface area (TPSA) is 142 Å². The zero-order valence-electron chi connectivity index (χ0n) is 30.9. The van der Waals surface area contributed by atoms with Gasteiger partial charge in [-0.15, -0.1) is 0 Å². The van der Waals surface area contributed by atoms with Gasteiger partial charge in [-0.2, -0.15) is 12.7 Å². The Bertz CT molecular complexity index is 2080. The van der Waals surface area contributed by atoms with Gasteiger partial charge in [0.2, 0.25) is 0 Å². The first-order valence-electron chi connectivity index (χ1n) is 17.7. The number of nitrogens with zero attached hydrogens (tertiary/aromatic N) is 4. The standard InChI is InChI=1S/C37H48FN5O8S/c1-8-50-31-17-26(29(38)16-27(31)34(44)39-52(47,48)43-12-10-37(4,5)21-43)35(45)42-11-9-25-28(19-42)36(46)51-33-23(3)30(15-22(2)32(25)33)41-14-13-40(6)24(18-41)20-49-7/h15-17,24H,8-14,18-21H2,1-7H3,(H,39,44). The number of fused-ring (bicyclic) bond motifs is 3. The van der Waals surface area contributed by atoms with Crippen molar-refractivity contribution >= 4 is 38.7 Å². The van der Waals surface area contributed by atoms with Crippen molar-refractivity contribution in [3.63, 3.8) is 0 Å². The highest BCUT2D eigenvalue weighted by Crippen LogP contribution is 2.37. The summed E-state index contributed by atoms with van der Waals surface area (Å²) in [5.41, 5.74) is 2.97. The van der Waals surface area contributed by atoms with Gasteiger partial charge in [0, 0.05) is 63.0 Å². The minimum atomic E-state index is -4.20. The highest BCUT2D eigenvalue weighted by molar-refractivity contribution is 7.87. The summed E-state index contributed by atoms with van der Waals surface area (Å²) in [5, 5.41) is 0.846. The Morgan fingerprint density at radius 2 is 1.83 bits per heavy atom. The molecule has 2 amide bonds. The van der Waals surface area contributed by atoms with Crippen LogP contribution in [-0.2, 0) is 27.9 Å². The molecule has 15 heteroatoms. The highest BCUT2D eigenvalue weighted by atomic mass is 32.2. The van der Waals surface area contributed by atoms with Crippen molar-refractivity contribution in [3.8, 4) is 5.75 Å². The molecule has 1 N–H and O–H groups in total. The molecule has 1 aromatic heterocycles. The van der Waals surface area contributed by atoms with E-state index in [0.717, 1.165) is 59.5 Å². The van der Waals surface area contributed by atoms with Crippen LogP contribution in [0.15, 0.2) is 27.4 Å². The van der Waals surface area contributed by atoms with Crippen LogP contribution < -0.4 is 20.0 Å². The first-order valence-corrected chi connectivity index (χ1v) is 19.1. The molecular weight excluding hydrogens is 693 g/mol. The molecule has 0 spiro atoms. The number of piperazine rings is 1. The number of anilines is 1. The number of ether oxygens (including phenoxy) is 2. The molecular formula is C37H48FN5O8S. The number of halogens is 1. The molecule has 52 heavy (non-hydrogen) atoms. The predicted octanol–water partition coefficient (Wildman–Crippen LogP) is 3.62. The van der Waals surface area contributed by atoms with Gasteiger partial charge in [-0.05, 0) is 75.4 Å². The maximum atomic E-state index is 15.7. The van der Waals surface area contributed by atoms with E-state index in [0.29, 0.717) is 30.6 Å². The summed E-state index contributed by atoms with van der Waals surface area (Å²) in [6.45, 7) is 13.2. The SMILES string of the molecule is CCOc1cc(C(=O)N2CCc3c(c(=O)oc4c(C)c(N5CCN(C)C(COC)C5)cc(C)c34)C2)c(F)cc1C(=O)NS(=O)(=O)N1CCC(C)(C)C1. The number of hydrogen-bond donors (Lipinski definition) is 1. The largest absolute Gasteiger partial charge is 0.493 e. The van der Waals surface area contributed by atoms with Crippen molar-refractivity contribution in [2.24, 2.45) is 5.41 Å². The number of aryl methyl sites for hydroxylation is 2. The maximum Gasteiger partial charge on any atom is 0.341 e. The van der Waals surface area contributed by atoms with E-state index < -0.39 is 33.5 Å². The maximum absolute atomic E-state index is 15.7. The summed E-state index contributed by atoms with van der Waals surface area (Å²) in [6.07, 6.45) is 0.975. The number of benzene rings is 2. The van der Waals surface area contributed by atoms with E-state index in [-0.39, 0.29) is 61.1 Å². The summed E-state index contributed by atoms with van der Waals surface area (Å²) < 4.78 is 61.9. The predicted molar refractivity (Wildman–Crippen MR) is 195 cm³/mol. The first kappa shape index (κ1) is 37.7. The lowest BCUT2D eigenvalue weighted by molar-refractivity contribution is 0.0726. The van der Waals surface area contributed by atoms with Gasteiger partial charge in [-0.25, -0.2) is 13.9 Å². The average Bonchev–Trinajstić information content (AvgIpc) is 3.48. The lowest BCUT2D eigenvalue weighted by Gasteiger charge is -2.41. The van der Waals surface area contributed by atoms with E-state index in [1.165, 1.54) is 9.21 Å². The summed E-state index contributed by atoms with van der Waals surface area (Å²) in [7, 11) is -0.416. The van der Waals surface area contributed by atoms with Gasteiger partial charge in [-0.1, -0.05) is 13.8 Å². The quantitative estimate of drug-likeness (QED) is 0.324.